The van der Waals surface area contributed by atoms with Gasteiger partial charge in [0.25, 0.3) is 0 Å². The first-order valence-electron chi connectivity index (χ1n) is 7.09. The molecule has 0 spiro atoms. The fraction of sp³-hybridized carbons (Fsp3) is 0.467. The molecule has 112 valence electrons. The van der Waals surface area contributed by atoms with E-state index in [1.807, 2.05) is 24.3 Å². The molecule has 5 nitrogen and oxygen atoms in total. The van der Waals surface area contributed by atoms with Gasteiger partial charge in [-0.05, 0) is 41.9 Å². The van der Waals surface area contributed by atoms with Crippen molar-refractivity contribution in [3.8, 4) is 11.5 Å². The second-order valence-corrected chi connectivity index (χ2v) is 6.75. The van der Waals surface area contributed by atoms with Crippen LogP contribution >= 0.6 is 15.9 Å². The molecule has 1 aliphatic rings. The first-order valence-corrected chi connectivity index (χ1v) is 7.89. The first-order chi connectivity index (χ1) is 10.1. The van der Waals surface area contributed by atoms with Gasteiger partial charge in [0.2, 0.25) is 11.8 Å². The number of nitrogens with one attached hydrogen (secondary N) is 1. The van der Waals surface area contributed by atoms with Crippen LogP contribution in [0.25, 0.3) is 11.5 Å². The Labute approximate surface area is 132 Å². The molecular weight excluding hydrogens is 332 g/mol. The van der Waals surface area contributed by atoms with E-state index >= 15 is 0 Å². The summed E-state index contributed by atoms with van der Waals surface area (Å²) >= 11 is 3.51. The van der Waals surface area contributed by atoms with Crippen molar-refractivity contribution in [1.82, 2.24) is 20.4 Å². The number of rotatable bonds is 3. The van der Waals surface area contributed by atoms with Gasteiger partial charge in [-0.15, -0.1) is 10.2 Å². The van der Waals surface area contributed by atoms with Crippen LogP contribution in [-0.4, -0.2) is 40.3 Å². The predicted molar refractivity (Wildman–Crippen MR) is 84.8 cm³/mol. The lowest BCUT2D eigenvalue weighted by atomic mass is 10.0. The van der Waals surface area contributed by atoms with Crippen molar-refractivity contribution < 1.29 is 4.42 Å². The summed E-state index contributed by atoms with van der Waals surface area (Å²) in [6.07, 6.45) is 0. The van der Waals surface area contributed by atoms with E-state index in [-0.39, 0.29) is 5.54 Å². The second kappa shape index (κ2) is 5.87. The zero-order chi connectivity index (χ0) is 14.9. The van der Waals surface area contributed by atoms with Crippen LogP contribution in [0.15, 0.2) is 33.2 Å². The maximum atomic E-state index is 5.83. The number of halogens is 1. The van der Waals surface area contributed by atoms with E-state index in [1.54, 1.807) is 0 Å². The van der Waals surface area contributed by atoms with Crippen molar-refractivity contribution in [2.24, 2.45) is 0 Å². The molecule has 6 heteroatoms. The molecule has 0 bridgehead atoms. The Hall–Kier alpha value is -1.24. The summed E-state index contributed by atoms with van der Waals surface area (Å²) in [7, 11) is 0. The van der Waals surface area contributed by atoms with Crippen LogP contribution in [0.1, 0.15) is 19.7 Å². The van der Waals surface area contributed by atoms with Gasteiger partial charge in [-0.25, -0.2) is 0 Å². The summed E-state index contributed by atoms with van der Waals surface area (Å²) in [4.78, 5) is 2.38. The fourth-order valence-corrected chi connectivity index (χ4v) is 2.99. The molecular formula is C15H19BrN4O. The summed E-state index contributed by atoms with van der Waals surface area (Å²) < 4.78 is 6.79. The van der Waals surface area contributed by atoms with Crippen molar-refractivity contribution in [3.63, 3.8) is 0 Å². The van der Waals surface area contributed by atoms with Crippen molar-refractivity contribution in [2.45, 2.75) is 25.9 Å². The Morgan fingerprint density at radius 3 is 2.90 bits per heavy atom. The van der Waals surface area contributed by atoms with E-state index in [0.717, 1.165) is 29.7 Å². The molecule has 0 saturated carbocycles. The van der Waals surface area contributed by atoms with Crippen LogP contribution in [-0.2, 0) is 6.54 Å². The molecule has 1 N–H and O–H groups in total. The molecule has 21 heavy (non-hydrogen) atoms. The van der Waals surface area contributed by atoms with E-state index in [2.05, 4.69) is 50.2 Å². The average molecular weight is 351 g/mol. The largest absolute Gasteiger partial charge is 0.419 e. The predicted octanol–water partition coefficient (Wildman–Crippen LogP) is 2.68. The van der Waals surface area contributed by atoms with Gasteiger partial charge in [0.1, 0.15) is 0 Å². The molecule has 3 rings (SSSR count). The minimum absolute atomic E-state index is 0.0974. The molecule has 1 saturated heterocycles. The van der Waals surface area contributed by atoms with Crippen molar-refractivity contribution in [3.05, 3.63) is 34.6 Å². The van der Waals surface area contributed by atoms with E-state index in [4.69, 9.17) is 4.42 Å². The molecule has 1 aliphatic heterocycles. The average Bonchev–Trinajstić information content (AvgIpc) is 2.90. The van der Waals surface area contributed by atoms with Crippen LogP contribution < -0.4 is 5.32 Å². The Morgan fingerprint density at radius 1 is 1.33 bits per heavy atom. The van der Waals surface area contributed by atoms with Crippen LogP contribution in [0, 0.1) is 0 Å². The summed E-state index contributed by atoms with van der Waals surface area (Å²) in [5.74, 6) is 1.22. The molecule has 0 unspecified atom stereocenters. The highest BCUT2D eigenvalue weighted by Gasteiger charge is 2.30. The third-order valence-corrected chi connectivity index (χ3v) is 4.56. The molecule has 0 atom stereocenters. The number of piperazine rings is 1. The fourth-order valence-electron chi connectivity index (χ4n) is 2.54. The smallest absolute Gasteiger partial charge is 0.248 e. The minimum atomic E-state index is 0.0974. The van der Waals surface area contributed by atoms with Crippen molar-refractivity contribution in [2.75, 3.05) is 19.6 Å². The Bertz CT molecular complexity index is 626. The Morgan fingerprint density at radius 2 is 2.14 bits per heavy atom. The third kappa shape index (κ3) is 3.17. The number of nitrogens with zero attached hydrogens (tertiary/aromatic N) is 3. The lowest BCUT2D eigenvalue weighted by molar-refractivity contribution is 0.0737. The maximum absolute atomic E-state index is 5.83. The molecule has 0 amide bonds. The topological polar surface area (TPSA) is 54.2 Å². The summed E-state index contributed by atoms with van der Waals surface area (Å²) in [5.41, 5.74) is 1.02. The molecule has 1 aromatic carbocycles. The molecule has 0 aliphatic carbocycles. The van der Waals surface area contributed by atoms with Crippen LogP contribution in [0.4, 0.5) is 0 Å². The van der Waals surface area contributed by atoms with Gasteiger partial charge in [0.05, 0.1) is 12.1 Å². The SMILES string of the molecule is CC1(C)CNCCN1Cc1nnc(-c2ccccc2Br)o1. The first kappa shape index (κ1) is 14.7. The van der Waals surface area contributed by atoms with E-state index in [9.17, 15) is 0 Å². The number of benzene rings is 1. The molecule has 1 fully saturated rings. The standard InChI is InChI=1S/C15H19BrN4O/c1-15(2)10-17-7-8-20(15)9-13-18-19-14(21-13)11-5-3-4-6-12(11)16/h3-6,17H,7-10H2,1-2H3. The monoisotopic (exact) mass is 350 g/mol. The van der Waals surface area contributed by atoms with Crippen LogP contribution in [0.5, 0.6) is 0 Å². The summed E-state index contributed by atoms with van der Waals surface area (Å²) in [6, 6.07) is 7.87. The summed E-state index contributed by atoms with van der Waals surface area (Å²) in [6.45, 7) is 8.09. The van der Waals surface area contributed by atoms with E-state index in [0.29, 0.717) is 18.3 Å². The zero-order valence-electron chi connectivity index (χ0n) is 12.3. The molecule has 0 radical (unpaired) electrons. The maximum Gasteiger partial charge on any atom is 0.248 e. The minimum Gasteiger partial charge on any atom is -0.419 e. The zero-order valence-corrected chi connectivity index (χ0v) is 13.9. The quantitative estimate of drug-likeness (QED) is 0.922. The Balaban J connectivity index is 1.78. The molecule has 2 aromatic rings. The van der Waals surface area contributed by atoms with Gasteiger partial charge >= 0.3 is 0 Å². The normalized spacial score (nSPS) is 18.8. The highest BCUT2D eigenvalue weighted by molar-refractivity contribution is 9.10. The number of hydrogen-bond donors (Lipinski definition) is 1. The summed E-state index contributed by atoms with van der Waals surface area (Å²) in [5, 5.41) is 11.8. The van der Waals surface area contributed by atoms with Crippen LogP contribution in [0.3, 0.4) is 0 Å². The van der Waals surface area contributed by atoms with Gasteiger partial charge in [0, 0.05) is 29.6 Å². The van der Waals surface area contributed by atoms with Crippen molar-refractivity contribution in [1.29, 1.82) is 0 Å². The lowest BCUT2D eigenvalue weighted by Crippen LogP contribution is -2.57. The molecule has 1 aromatic heterocycles. The second-order valence-electron chi connectivity index (χ2n) is 5.89. The Kier molecular flexibility index (Phi) is 4.10. The lowest BCUT2D eigenvalue weighted by Gasteiger charge is -2.42. The van der Waals surface area contributed by atoms with Gasteiger partial charge < -0.3 is 9.73 Å². The van der Waals surface area contributed by atoms with Gasteiger partial charge in [-0.1, -0.05) is 12.1 Å². The van der Waals surface area contributed by atoms with Gasteiger partial charge in [-0.2, -0.15) is 0 Å². The third-order valence-electron chi connectivity index (χ3n) is 3.87. The highest BCUT2D eigenvalue weighted by Crippen LogP contribution is 2.27. The van der Waals surface area contributed by atoms with Gasteiger partial charge in [0.15, 0.2) is 0 Å². The van der Waals surface area contributed by atoms with E-state index in [1.165, 1.54) is 0 Å². The highest BCUT2D eigenvalue weighted by atomic mass is 79.9. The van der Waals surface area contributed by atoms with Gasteiger partial charge in [-0.3, -0.25) is 4.90 Å². The van der Waals surface area contributed by atoms with E-state index < -0.39 is 0 Å². The molecule has 2 heterocycles. The number of aromatic nitrogens is 2. The number of hydrogen-bond acceptors (Lipinski definition) is 5. The van der Waals surface area contributed by atoms with Crippen LogP contribution in [0.2, 0.25) is 0 Å². The van der Waals surface area contributed by atoms with Crippen molar-refractivity contribution >= 4 is 15.9 Å².